The fraction of sp³-hybridized carbons (Fsp3) is 0.368. The van der Waals surface area contributed by atoms with Crippen molar-refractivity contribution in [2.24, 2.45) is 0 Å². The molecule has 4 rings (SSSR count). The SMILES string of the molecule is CCc1cn2ncc(CN3CCN(c4ccc(F)cc4F)CC3)c2[nH]c1=O. The number of aromatic nitrogens is 3. The molecule has 3 aromatic rings. The highest BCUT2D eigenvalue weighted by Crippen LogP contribution is 2.22. The fourth-order valence-electron chi connectivity index (χ4n) is 3.52. The lowest BCUT2D eigenvalue weighted by atomic mass is 10.2. The summed E-state index contributed by atoms with van der Waals surface area (Å²) >= 11 is 0. The normalized spacial score (nSPS) is 15.6. The van der Waals surface area contributed by atoms with E-state index in [4.69, 9.17) is 0 Å². The van der Waals surface area contributed by atoms with Crippen LogP contribution in [0, 0.1) is 11.6 Å². The van der Waals surface area contributed by atoms with Crippen molar-refractivity contribution in [1.29, 1.82) is 0 Å². The number of hydrogen-bond acceptors (Lipinski definition) is 4. The van der Waals surface area contributed by atoms with Gasteiger partial charge in [0.25, 0.3) is 5.56 Å². The van der Waals surface area contributed by atoms with Crippen molar-refractivity contribution in [2.45, 2.75) is 19.9 Å². The Bertz CT molecular complexity index is 1020. The predicted octanol–water partition coefficient (Wildman–Crippen LogP) is 2.19. The van der Waals surface area contributed by atoms with Crippen molar-refractivity contribution in [2.75, 3.05) is 31.1 Å². The molecular formula is C19H21F2N5O. The molecule has 1 saturated heterocycles. The van der Waals surface area contributed by atoms with Gasteiger partial charge in [-0.05, 0) is 18.6 Å². The highest BCUT2D eigenvalue weighted by atomic mass is 19.1. The monoisotopic (exact) mass is 373 g/mol. The molecule has 1 aliphatic rings. The molecule has 1 aromatic carbocycles. The smallest absolute Gasteiger partial charge is 0.254 e. The zero-order chi connectivity index (χ0) is 19.0. The number of nitrogens with zero attached hydrogens (tertiary/aromatic N) is 4. The Hall–Kier alpha value is -2.74. The molecule has 0 unspecified atom stereocenters. The number of aryl methyl sites for hydroxylation is 1. The van der Waals surface area contributed by atoms with Gasteiger partial charge in [0.1, 0.15) is 17.3 Å². The van der Waals surface area contributed by atoms with Gasteiger partial charge in [0.2, 0.25) is 0 Å². The number of aromatic amines is 1. The van der Waals surface area contributed by atoms with Gasteiger partial charge in [-0.25, -0.2) is 13.3 Å². The highest BCUT2D eigenvalue weighted by molar-refractivity contribution is 5.49. The molecule has 0 atom stereocenters. The summed E-state index contributed by atoms with van der Waals surface area (Å²) < 4.78 is 28.8. The summed E-state index contributed by atoms with van der Waals surface area (Å²) in [6, 6.07) is 3.69. The lowest BCUT2D eigenvalue weighted by molar-refractivity contribution is 0.250. The molecule has 0 bridgehead atoms. The highest BCUT2D eigenvalue weighted by Gasteiger charge is 2.21. The number of nitrogens with one attached hydrogen (secondary N) is 1. The number of piperazine rings is 1. The molecule has 1 aliphatic heterocycles. The molecular weight excluding hydrogens is 352 g/mol. The largest absolute Gasteiger partial charge is 0.367 e. The van der Waals surface area contributed by atoms with Gasteiger partial charge in [0, 0.05) is 56.1 Å². The van der Waals surface area contributed by atoms with E-state index in [9.17, 15) is 13.6 Å². The molecule has 1 N–H and O–H groups in total. The van der Waals surface area contributed by atoms with E-state index in [1.807, 2.05) is 11.8 Å². The van der Waals surface area contributed by atoms with Gasteiger partial charge in [-0.1, -0.05) is 6.92 Å². The number of fused-ring (bicyclic) bond motifs is 1. The fourth-order valence-corrected chi connectivity index (χ4v) is 3.52. The van der Waals surface area contributed by atoms with Crippen LogP contribution < -0.4 is 10.5 Å². The van der Waals surface area contributed by atoms with Crippen molar-refractivity contribution in [3.63, 3.8) is 0 Å². The molecule has 0 aliphatic carbocycles. The summed E-state index contributed by atoms with van der Waals surface area (Å²) in [7, 11) is 0. The van der Waals surface area contributed by atoms with E-state index in [1.54, 1.807) is 16.9 Å². The third-order valence-corrected chi connectivity index (χ3v) is 5.07. The number of hydrogen-bond donors (Lipinski definition) is 1. The maximum Gasteiger partial charge on any atom is 0.254 e. The molecule has 27 heavy (non-hydrogen) atoms. The van der Waals surface area contributed by atoms with Crippen LogP contribution in [-0.4, -0.2) is 45.7 Å². The second kappa shape index (κ2) is 7.11. The second-order valence-electron chi connectivity index (χ2n) is 6.78. The number of anilines is 1. The van der Waals surface area contributed by atoms with Crippen molar-refractivity contribution in [1.82, 2.24) is 19.5 Å². The lowest BCUT2D eigenvalue weighted by Crippen LogP contribution is -2.46. The van der Waals surface area contributed by atoms with Gasteiger partial charge in [0.05, 0.1) is 11.9 Å². The number of benzene rings is 1. The lowest BCUT2D eigenvalue weighted by Gasteiger charge is -2.36. The van der Waals surface area contributed by atoms with E-state index >= 15 is 0 Å². The summed E-state index contributed by atoms with van der Waals surface area (Å²) in [6.45, 7) is 5.38. The van der Waals surface area contributed by atoms with Crippen LogP contribution in [0.5, 0.6) is 0 Å². The van der Waals surface area contributed by atoms with Crippen LogP contribution in [0.25, 0.3) is 5.65 Å². The Morgan fingerprint density at radius 2 is 1.93 bits per heavy atom. The van der Waals surface area contributed by atoms with E-state index in [1.165, 1.54) is 12.1 Å². The first kappa shape index (κ1) is 17.7. The standard InChI is InChI=1S/C19H21F2N5O/c1-2-13-12-26-18(23-19(13)27)14(10-22-26)11-24-5-7-25(8-6-24)17-4-3-15(20)9-16(17)21/h3-4,9-10,12H,2,5-8,11H2,1H3,(H,23,27). The predicted molar refractivity (Wildman–Crippen MR) is 99.0 cm³/mol. The van der Waals surface area contributed by atoms with Gasteiger partial charge < -0.3 is 9.88 Å². The number of H-pyrrole nitrogens is 1. The maximum atomic E-state index is 14.0. The Balaban J connectivity index is 1.46. The Labute approximate surface area is 155 Å². The van der Waals surface area contributed by atoms with E-state index in [-0.39, 0.29) is 5.56 Å². The van der Waals surface area contributed by atoms with Gasteiger partial charge >= 0.3 is 0 Å². The Morgan fingerprint density at radius 1 is 1.15 bits per heavy atom. The van der Waals surface area contributed by atoms with Crippen LogP contribution in [0.4, 0.5) is 14.5 Å². The van der Waals surface area contributed by atoms with Crippen LogP contribution in [0.1, 0.15) is 18.1 Å². The first-order chi connectivity index (χ1) is 13.0. The van der Waals surface area contributed by atoms with Crippen LogP contribution in [0.2, 0.25) is 0 Å². The average molecular weight is 373 g/mol. The second-order valence-corrected chi connectivity index (χ2v) is 6.78. The third-order valence-electron chi connectivity index (χ3n) is 5.07. The van der Waals surface area contributed by atoms with Crippen LogP contribution >= 0.6 is 0 Å². The molecule has 1 fully saturated rings. The molecule has 142 valence electrons. The summed E-state index contributed by atoms with van der Waals surface area (Å²) in [4.78, 5) is 19.2. The Kier molecular flexibility index (Phi) is 4.65. The molecule has 8 heteroatoms. The molecule has 0 amide bonds. The molecule has 6 nitrogen and oxygen atoms in total. The van der Waals surface area contributed by atoms with E-state index in [0.29, 0.717) is 43.0 Å². The summed E-state index contributed by atoms with van der Waals surface area (Å²) in [6.07, 6.45) is 4.20. The van der Waals surface area contributed by atoms with Gasteiger partial charge in [-0.2, -0.15) is 5.10 Å². The minimum atomic E-state index is -0.566. The van der Waals surface area contributed by atoms with Crippen LogP contribution in [0.3, 0.4) is 0 Å². The number of halogens is 2. The maximum absolute atomic E-state index is 14.0. The van der Waals surface area contributed by atoms with E-state index in [2.05, 4.69) is 15.0 Å². The van der Waals surface area contributed by atoms with Gasteiger partial charge in [-0.15, -0.1) is 0 Å². The van der Waals surface area contributed by atoms with E-state index < -0.39 is 11.6 Å². The van der Waals surface area contributed by atoms with Gasteiger partial charge in [0.15, 0.2) is 0 Å². The minimum absolute atomic E-state index is 0.0802. The molecule has 0 spiro atoms. The van der Waals surface area contributed by atoms with Crippen molar-refractivity contribution >= 4 is 11.3 Å². The van der Waals surface area contributed by atoms with Crippen molar-refractivity contribution < 1.29 is 8.78 Å². The van der Waals surface area contributed by atoms with Crippen LogP contribution in [-0.2, 0) is 13.0 Å². The zero-order valence-electron chi connectivity index (χ0n) is 15.1. The topological polar surface area (TPSA) is 56.6 Å². The Morgan fingerprint density at radius 3 is 2.63 bits per heavy atom. The number of rotatable bonds is 4. The van der Waals surface area contributed by atoms with Crippen molar-refractivity contribution in [3.05, 3.63) is 63.7 Å². The van der Waals surface area contributed by atoms with Gasteiger partial charge in [-0.3, -0.25) is 9.69 Å². The third kappa shape index (κ3) is 3.44. The van der Waals surface area contributed by atoms with Crippen LogP contribution in [0.15, 0.2) is 35.4 Å². The van der Waals surface area contributed by atoms with E-state index in [0.717, 1.165) is 24.7 Å². The molecule has 3 heterocycles. The quantitative estimate of drug-likeness (QED) is 0.762. The summed E-state index contributed by atoms with van der Waals surface area (Å²) in [5.74, 6) is -1.10. The van der Waals surface area contributed by atoms with Crippen molar-refractivity contribution in [3.8, 4) is 0 Å². The molecule has 2 aromatic heterocycles. The first-order valence-electron chi connectivity index (χ1n) is 9.06. The minimum Gasteiger partial charge on any atom is -0.367 e. The summed E-state index contributed by atoms with van der Waals surface area (Å²) in [5, 5.41) is 4.34. The average Bonchev–Trinajstić information content (AvgIpc) is 3.03. The zero-order valence-corrected chi connectivity index (χ0v) is 15.1. The molecule has 0 radical (unpaired) electrons. The molecule has 0 saturated carbocycles. The summed E-state index contributed by atoms with van der Waals surface area (Å²) in [5.41, 5.74) is 2.72. The first-order valence-corrected chi connectivity index (χ1v) is 9.06.